The summed E-state index contributed by atoms with van der Waals surface area (Å²) >= 11 is 0. The van der Waals surface area contributed by atoms with Crippen LogP contribution in [0.1, 0.15) is 38.3 Å². The molecule has 0 aliphatic carbocycles. The summed E-state index contributed by atoms with van der Waals surface area (Å²) in [5.41, 5.74) is 1.71. The van der Waals surface area contributed by atoms with Gasteiger partial charge in [0.2, 0.25) is 0 Å². The zero-order valence-electron chi connectivity index (χ0n) is 21.9. The molecular weight excluding hydrogens is 481 g/mol. The number of carboxylic acid groups (broad SMARTS) is 1. The van der Waals surface area contributed by atoms with Gasteiger partial charge in [0.05, 0.1) is 19.8 Å². The fourth-order valence-electron chi connectivity index (χ4n) is 3.38. The largest absolute Gasteiger partial charge is 0.492 e. The molecule has 0 spiro atoms. The minimum absolute atomic E-state index is 0.225. The van der Waals surface area contributed by atoms with Crippen LogP contribution in [0.2, 0.25) is 0 Å². The maximum Gasteiger partial charge on any atom is 0.409 e. The first kappa shape index (κ1) is 30.1. The van der Waals surface area contributed by atoms with Crippen molar-refractivity contribution in [1.29, 1.82) is 0 Å². The lowest BCUT2D eigenvalue weighted by molar-refractivity contribution is -0.149. The average Bonchev–Trinajstić information content (AvgIpc) is 2.87. The lowest BCUT2D eigenvalue weighted by Crippen LogP contribution is -2.37. The minimum atomic E-state index is -0.993. The molecule has 37 heavy (non-hydrogen) atoms. The average molecular weight is 520 g/mol. The van der Waals surface area contributed by atoms with E-state index >= 15 is 0 Å². The standard InChI is InChI=1S/C28H38FNO7/c1-4-35-26(27(31)32)18-22-8-12-25(13-9-22)36-17-15-30(28(33)37-19-21(2)3)14-5-16-34-20-23-6-10-24(29)11-7-23/h6-13,21,26H,4-5,14-20H2,1-3H3,(H,31,32). The molecule has 0 aliphatic rings. The van der Waals surface area contributed by atoms with Crippen molar-refractivity contribution in [2.75, 3.05) is 39.5 Å². The highest BCUT2D eigenvalue weighted by molar-refractivity contribution is 5.72. The number of carbonyl (C=O) groups is 2. The molecule has 0 bridgehead atoms. The molecule has 2 rings (SSSR count). The maximum atomic E-state index is 13.0. The third kappa shape index (κ3) is 12.1. The second-order valence-corrected chi connectivity index (χ2v) is 8.97. The van der Waals surface area contributed by atoms with Gasteiger partial charge in [0.1, 0.15) is 18.2 Å². The summed E-state index contributed by atoms with van der Waals surface area (Å²) in [6.45, 7) is 8.22. The highest BCUT2D eigenvalue weighted by Gasteiger charge is 2.18. The van der Waals surface area contributed by atoms with E-state index in [2.05, 4.69) is 0 Å². The lowest BCUT2D eigenvalue weighted by atomic mass is 10.1. The number of benzene rings is 2. The summed E-state index contributed by atoms with van der Waals surface area (Å²) in [6, 6.07) is 13.3. The number of aliphatic carboxylic acids is 1. The van der Waals surface area contributed by atoms with Crippen molar-refractivity contribution in [2.24, 2.45) is 5.92 Å². The fourth-order valence-corrected chi connectivity index (χ4v) is 3.38. The Labute approximate surface area is 218 Å². The van der Waals surface area contributed by atoms with Gasteiger partial charge in [0.15, 0.2) is 6.10 Å². The fraction of sp³-hybridized carbons (Fsp3) is 0.500. The van der Waals surface area contributed by atoms with E-state index in [-0.39, 0.29) is 24.8 Å². The van der Waals surface area contributed by atoms with Gasteiger partial charge in [-0.15, -0.1) is 0 Å². The third-order valence-electron chi connectivity index (χ3n) is 5.31. The Bertz CT molecular complexity index is 935. The van der Waals surface area contributed by atoms with Crippen molar-refractivity contribution in [1.82, 2.24) is 4.90 Å². The molecule has 0 saturated carbocycles. The maximum absolute atomic E-state index is 13.0. The Morgan fingerprint density at radius 1 is 0.973 bits per heavy atom. The third-order valence-corrected chi connectivity index (χ3v) is 5.31. The van der Waals surface area contributed by atoms with Crippen LogP contribution in [0.5, 0.6) is 5.75 Å². The molecule has 1 N–H and O–H groups in total. The van der Waals surface area contributed by atoms with Crippen LogP contribution < -0.4 is 4.74 Å². The van der Waals surface area contributed by atoms with Gasteiger partial charge in [0, 0.05) is 26.2 Å². The van der Waals surface area contributed by atoms with Gasteiger partial charge >= 0.3 is 12.1 Å². The smallest absolute Gasteiger partial charge is 0.409 e. The van der Waals surface area contributed by atoms with Crippen LogP contribution in [0.25, 0.3) is 0 Å². The van der Waals surface area contributed by atoms with E-state index in [0.29, 0.717) is 51.7 Å². The van der Waals surface area contributed by atoms with E-state index in [4.69, 9.17) is 18.9 Å². The Kier molecular flexibility index (Phi) is 13.4. The van der Waals surface area contributed by atoms with E-state index < -0.39 is 18.2 Å². The summed E-state index contributed by atoms with van der Waals surface area (Å²) in [5, 5.41) is 9.24. The lowest BCUT2D eigenvalue weighted by Gasteiger charge is -2.23. The number of carboxylic acids is 1. The van der Waals surface area contributed by atoms with Crippen molar-refractivity contribution >= 4 is 12.1 Å². The van der Waals surface area contributed by atoms with Gasteiger partial charge in [-0.3, -0.25) is 0 Å². The quantitative estimate of drug-likeness (QED) is 0.296. The SMILES string of the molecule is CCOC(Cc1ccc(OCCN(CCCOCc2ccc(F)cc2)C(=O)OCC(C)C)cc1)C(=O)O. The van der Waals surface area contributed by atoms with Crippen LogP contribution in [0.15, 0.2) is 48.5 Å². The molecular formula is C28H38FNO7. The van der Waals surface area contributed by atoms with Crippen LogP contribution in [-0.2, 0) is 32.0 Å². The van der Waals surface area contributed by atoms with Crippen molar-refractivity contribution in [2.45, 2.75) is 46.3 Å². The number of hydrogen-bond donors (Lipinski definition) is 1. The molecule has 0 aliphatic heterocycles. The van der Waals surface area contributed by atoms with Crippen LogP contribution in [0.3, 0.4) is 0 Å². The number of nitrogens with zero attached hydrogens (tertiary/aromatic N) is 1. The predicted molar refractivity (Wildman–Crippen MR) is 137 cm³/mol. The molecule has 1 amide bonds. The normalized spacial score (nSPS) is 11.8. The summed E-state index contributed by atoms with van der Waals surface area (Å²) in [7, 11) is 0. The number of halogens is 1. The van der Waals surface area contributed by atoms with E-state index in [9.17, 15) is 19.1 Å². The number of carbonyl (C=O) groups excluding carboxylic acids is 1. The van der Waals surface area contributed by atoms with Crippen molar-refractivity contribution in [3.8, 4) is 5.75 Å². The molecule has 2 aromatic rings. The monoisotopic (exact) mass is 519 g/mol. The molecule has 8 nitrogen and oxygen atoms in total. The van der Waals surface area contributed by atoms with Crippen molar-refractivity contribution < 1.29 is 38.0 Å². The summed E-state index contributed by atoms with van der Waals surface area (Å²) in [4.78, 5) is 25.4. The minimum Gasteiger partial charge on any atom is -0.492 e. The molecule has 204 valence electrons. The van der Waals surface area contributed by atoms with Gasteiger partial charge in [0.25, 0.3) is 0 Å². The topological polar surface area (TPSA) is 94.5 Å². The van der Waals surface area contributed by atoms with Gasteiger partial charge in [-0.05, 0) is 54.7 Å². The Hall–Kier alpha value is -3.17. The first-order valence-corrected chi connectivity index (χ1v) is 12.6. The zero-order chi connectivity index (χ0) is 27.0. The van der Waals surface area contributed by atoms with Crippen molar-refractivity contribution in [3.63, 3.8) is 0 Å². The van der Waals surface area contributed by atoms with Crippen molar-refractivity contribution in [3.05, 3.63) is 65.5 Å². The van der Waals surface area contributed by atoms with Crippen LogP contribution in [0.4, 0.5) is 9.18 Å². The van der Waals surface area contributed by atoms with Gasteiger partial charge in [-0.25, -0.2) is 14.0 Å². The first-order valence-electron chi connectivity index (χ1n) is 12.6. The Morgan fingerprint density at radius 2 is 1.65 bits per heavy atom. The molecule has 1 unspecified atom stereocenters. The number of rotatable bonds is 17. The summed E-state index contributed by atoms with van der Waals surface area (Å²) < 4.78 is 35.1. The van der Waals surface area contributed by atoms with Crippen LogP contribution >= 0.6 is 0 Å². The second kappa shape index (κ2) is 16.6. The van der Waals surface area contributed by atoms with Gasteiger partial charge in [-0.1, -0.05) is 38.1 Å². The Balaban J connectivity index is 1.81. The second-order valence-electron chi connectivity index (χ2n) is 8.97. The van der Waals surface area contributed by atoms with Crippen LogP contribution in [0, 0.1) is 11.7 Å². The molecule has 0 heterocycles. The van der Waals surface area contributed by atoms with E-state index in [1.807, 2.05) is 13.8 Å². The van der Waals surface area contributed by atoms with Gasteiger partial charge in [-0.2, -0.15) is 0 Å². The Morgan fingerprint density at radius 3 is 2.27 bits per heavy atom. The van der Waals surface area contributed by atoms with E-state index in [0.717, 1.165) is 11.1 Å². The molecule has 0 radical (unpaired) electrons. The summed E-state index contributed by atoms with van der Waals surface area (Å²) in [6.07, 6.45) is -0.414. The highest BCUT2D eigenvalue weighted by Crippen LogP contribution is 2.15. The van der Waals surface area contributed by atoms with Gasteiger partial charge < -0.3 is 29.0 Å². The molecule has 1 atom stereocenters. The van der Waals surface area contributed by atoms with E-state index in [1.54, 1.807) is 48.2 Å². The predicted octanol–water partition coefficient (Wildman–Crippen LogP) is 4.94. The van der Waals surface area contributed by atoms with E-state index in [1.165, 1.54) is 12.1 Å². The molecule has 0 fully saturated rings. The number of amides is 1. The molecule has 0 saturated heterocycles. The summed E-state index contributed by atoms with van der Waals surface area (Å²) in [5.74, 6) is -0.438. The highest BCUT2D eigenvalue weighted by atomic mass is 19.1. The molecule has 9 heteroatoms. The number of ether oxygens (including phenoxy) is 4. The van der Waals surface area contributed by atoms with Crippen LogP contribution in [-0.4, -0.2) is 67.7 Å². The molecule has 2 aromatic carbocycles. The number of hydrogen-bond acceptors (Lipinski definition) is 6. The molecule has 0 aromatic heterocycles. The first-order chi connectivity index (χ1) is 17.8. The zero-order valence-corrected chi connectivity index (χ0v) is 21.9.